The average Bonchev–Trinajstić information content (AvgIpc) is 3.07. The molecular weight excluding hydrogens is 326 g/mol. The smallest absolute Gasteiger partial charge is 0.254 e. The lowest BCUT2D eigenvalue weighted by atomic mass is 10.1. The van der Waals surface area contributed by atoms with Crippen LogP contribution in [0.1, 0.15) is 28.8 Å². The van der Waals surface area contributed by atoms with Gasteiger partial charge in [-0.25, -0.2) is 8.78 Å². The van der Waals surface area contributed by atoms with E-state index in [1.54, 1.807) is 13.0 Å². The largest absolute Gasteiger partial charge is 0.327 e. The molecule has 1 heterocycles. The third-order valence-corrected chi connectivity index (χ3v) is 4.35. The van der Waals surface area contributed by atoms with Crippen LogP contribution in [0.2, 0.25) is 0 Å². The van der Waals surface area contributed by atoms with Gasteiger partial charge in [-0.1, -0.05) is 12.1 Å². The molecule has 0 saturated carbocycles. The van der Waals surface area contributed by atoms with Crippen LogP contribution in [0.4, 0.5) is 14.5 Å². The number of benzene rings is 2. The molecule has 0 spiro atoms. The number of rotatable bonds is 3. The summed E-state index contributed by atoms with van der Waals surface area (Å²) in [6, 6.07) is 8.90. The van der Waals surface area contributed by atoms with Crippen LogP contribution in [-0.4, -0.2) is 29.3 Å². The van der Waals surface area contributed by atoms with E-state index in [2.05, 4.69) is 5.32 Å². The molecule has 0 bridgehead atoms. The highest BCUT2D eigenvalue weighted by molar-refractivity contribution is 6.01. The van der Waals surface area contributed by atoms with Gasteiger partial charge in [0.05, 0.1) is 0 Å². The third-order valence-electron chi connectivity index (χ3n) is 4.35. The van der Waals surface area contributed by atoms with Crippen molar-refractivity contribution in [3.63, 3.8) is 0 Å². The summed E-state index contributed by atoms with van der Waals surface area (Å²) in [6.45, 7) is 2.19. The van der Waals surface area contributed by atoms with Crippen LogP contribution in [0, 0.1) is 18.6 Å². The molecule has 1 aliphatic heterocycles. The van der Waals surface area contributed by atoms with E-state index < -0.39 is 17.7 Å². The van der Waals surface area contributed by atoms with Crippen LogP contribution >= 0.6 is 0 Å². The van der Waals surface area contributed by atoms with Crippen LogP contribution in [0.25, 0.3) is 0 Å². The number of halogens is 2. The van der Waals surface area contributed by atoms with E-state index in [1.165, 1.54) is 35.2 Å². The maximum absolute atomic E-state index is 13.4. The number of amides is 2. The van der Waals surface area contributed by atoms with Gasteiger partial charge in [0.25, 0.3) is 5.91 Å². The van der Waals surface area contributed by atoms with Crippen LogP contribution in [0.3, 0.4) is 0 Å². The highest BCUT2D eigenvalue weighted by Crippen LogP contribution is 2.23. The van der Waals surface area contributed by atoms with E-state index in [0.29, 0.717) is 25.1 Å². The predicted octanol–water partition coefficient (Wildman–Crippen LogP) is 3.52. The van der Waals surface area contributed by atoms with Crippen LogP contribution in [0.5, 0.6) is 0 Å². The van der Waals surface area contributed by atoms with Gasteiger partial charge in [-0.3, -0.25) is 9.59 Å². The van der Waals surface area contributed by atoms with Crippen LogP contribution in [0.15, 0.2) is 42.5 Å². The van der Waals surface area contributed by atoms with E-state index in [1.807, 2.05) is 0 Å². The van der Waals surface area contributed by atoms with Gasteiger partial charge in [-0.05, 0) is 55.7 Å². The number of anilines is 1. The molecular formula is C19H18F2N2O2. The second-order valence-electron chi connectivity index (χ2n) is 6.12. The molecule has 2 aromatic carbocycles. The molecule has 3 rings (SSSR count). The molecule has 0 radical (unpaired) electrons. The minimum Gasteiger partial charge on any atom is -0.327 e. The molecule has 1 N–H and O–H groups in total. The van der Waals surface area contributed by atoms with Crippen molar-refractivity contribution in [1.82, 2.24) is 4.90 Å². The molecule has 1 saturated heterocycles. The second kappa shape index (κ2) is 7.01. The van der Waals surface area contributed by atoms with E-state index in [9.17, 15) is 18.4 Å². The Morgan fingerprint density at radius 3 is 2.64 bits per heavy atom. The topological polar surface area (TPSA) is 49.4 Å². The molecule has 2 aromatic rings. The fourth-order valence-corrected chi connectivity index (χ4v) is 3.01. The minimum atomic E-state index is -0.654. The highest BCUT2D eigenvalue weighted by Gasteiger charge is 2.34. The van der Waals surface area contributed by atoms with Gasteiger partial charge in [0.1, 0.15) is 17.7 Å². The van der Waals surface area contributed by atoms with Gasteiger partial charge in [0.15, 0.2) is 0 Å². The first-order valence-corrected chi connectivity index (χ1v) is 8.09. The normalized spacial score (nSPS) is 16.8. The maximum Gasteiger partial charge on any atom is 0.254 e. The van der Waals surface area contributed by atoms with Gasteiger partial charge >= 0.3 is 0 Å². The summed E-state index contributed by atoms with van der Waals surface area (Å²) in [5.41, 5.74) is 1.33. The summed E-state index contributed by atoms with van der Waals surface area (Å²) in [4.78, 5) is 26.6. The van der Waals surface area contributed by atoms with Crippen molar-refractivity contribution in [2.75, 3.05) is 11.9 Å². The average molecular weight is 344 g/mol. The van der Waals surface area contributed by atoms with Gasteiger partial charge in [0.2, 0.25) is 5.91 Å². The van der Waals surface area contributed by atoms with Crippen molar-refractivity contribution in [3.05, 3.63) is 65.2 Å². The van der Waals surface area contributed by atoms with Gasteiger partial charge in [-0.2, -0.15) is 0 Å². The Labute approximate surface area is 144 Å². The molecule has 1 unspecified atom stereocenters. The molecule has 0 aromatic heterocycles. The van der Waals surface area contributed by atoms with Crippen molar-refractivity contribution in [2.45, 2.75) is 25.8 Å². The molecule has 6 heteroatoms. The molecule has 1 atom stereocenters. The zero-order chi connectivity index (χ0) is 18.0. The predicted molar refractivity (Wildman–Crippen MR) is 90.2 cm³/mol. The quantitative estimate of drug-likeness (QED) is 0.926. The number of aryl methyl sites for hydroxylation is 1. The van der Waals surface area contributed by atoms with E-state index in [-0.39, 0.29) is 17.4 Å². The van der Waals surface area contributed by atoms with Crippen molar-refractivity contribution in [1.29, 1.82) is 0 Å². The Morgan fingerprint density at radius 2 is 1.88 bits per heavy atom. The number of carbonyl (C=O) groups excluding carboxylic acids is 2. The van der Waals surface area contributed by atoms with Crippen LogP contribution in [-0.2, 0) is 4.79 Å². The lowest BCUT2D eigenvalue weighted by Gasteiger charge is -2.24. The first-order chi connectivity index (χ1) is 12.0. The molecule has 130 valence electrons. The Hall–Kier alpha value is -2.76. The summed E-state index contributed by atoms with van der Waals surface area (Å²) in [6.07, 6.45) is 1.20. The Morgan fingerprint density at radius 1 is 1.12 bits per heavy atom. The Balaban J connectivity index is 1.78. The lowest BCUT2D eigenvalue weighted by molar-refractivity contribution is -0.119. The molecule has 1 fully saturated rings. The lowest BCUT2D eigenvalue weighted by Crippen LogP contribution is -2.43. The molecule has 0 aliphatic carbocycles. The van der Waals surface area contributed by atoms with E-state index >= 15 is 0 Å². The molecule has 2 amide bonds. The number of nitrogens with one attached hydrogen (secondary N) is 1. The Bertz CT molecular complexity index is 823. The van der Waals surface area contributed by atoms with Gasteiger partial charge in [-0.15, -0.1) is 0 Å². The van der Waals surface area contributed by atoms with E-state index in [0.717, 1.165) is 11.6 Å². The van der Waals surface area contributed by atoms with Gasteiger partial charge in [0, 0.05) is 17.8 Å². The first kappa shape index (κ1) is 17.1. The summed E-state index contributed by atoms with van der Waals surface area (Å²) in [5, 5.41) is 2.69. The monoisotopic (exact) mass is 344 g/mol. The Kier molecular flexibility index (Phi) is 4.79. The number of hydrogen-bond acceptors (Lipinski definition) is 2. The summed E-state index contributed by atoms with van der Waals surface area (Å²) in [5.74, 6) is -1.69. The highest BCUT2D eigenvalue weighted by atomic mass is 19.1. The van der Waals surface area contributed by atoms with Crippen molar-refractivity contribution >= 4 is 17.5 Å². The van der Waals surface area contributed by atoms with Crippen molar-refractivity contribution in [3.8, 4) is 0 Å². The zero-order valence-corrected chi connectivity index (χ0v) is 13.8. The van der Waals surface area contributed by atoms with Crippen molar-refractivity contribution < 1.29 is 18.4 Å². The number of likely N-dealkylation sites (tertiary alicyclic amines) is 1. The summed E-state index contributed by atoms with van der Waals surface area (Å²) in [7, 11) is 0. The maximum atomic E-state index is 13.4. The van der Waals surface area contributed by atoms with Gasteiger partial charge < -0.3 is 10.2 Å². The summed E-state index contributed by atoms with van der Waals surface area (Å²) < 4.78 is 26.7. The first-order valence-electron chi connectivity index (χ1n) is 8.09. The third kappa shape index (κ3) is 3.68. The minimum absolute atomic E-state index is 0.210. The zero-order valence-electron chi connectivity index (χ0n) is 13.8. The van der Waals surface area contributed by atoms with Crippen molar-refractivity contribution in [2.24, 2.45) is 0 Å². The number of hydrogen-bond donors (Lipinski definition) is 1. The fraction of sp³-hybridized carbons (Fsp3) is 0.263. The summed E-state index contributed by atoms with van der Waals surface area (Å²) >= 11 is 0. The van der Waals surface area contributed by atoms with Crippen LogP contribution < -0.4 is 5.32 Å². The molecule has 25 heavy (non-hydrogen) atoms. The number of nitrogens with zero attached hydrogens (tertiary/aromatic N) is 1. The molecule has 4 nitrogen and oxygen atoms in total. The molecule has 1 aliphatic rings. The van der Waals surface area contributed by atoms with E-state index in [4.69, 9.17) is 0 Å². The SMILES string of the molecule is Cc1ccc(F)cc1NC(=O)C1CCCN1C(=O)c1cccc(F)c1. The number of carbonyl (C=O) groups is 2. The second-order valence-corrected chi connectivity index (χ2v) is 6.12. The fourth-order valence-electron chi connectivity index (χ4n) is 3.01. The standard InChI is InChI=1S/C19H18F2N2O2/c1-12-7-8-15(21)11-16(12)22-18(24)17-6-3-9-23(17)19(25)13-4-2-5-14(20)10-13/h2,4-5,7-8,10-11,17H,3,6,9H2,1H3,(H,22,24).